The molecule has 1 atom stereocenters. The molecule has 0 radical (unpaired) electrons. The standard InChI is InChI=1S/C36H39Cl2N3O4S/c1-4-5-21-39-36(43)34(23-28-9-7-6-8-10-28)40(24-29-15-20-32(37)33(38)22-29)35(42)25-41(30-16-11-26(2)12-17-30)46(44,45)31-18-13-27(3)14-19-31/h6-20,22,34H,4-5,21,23-25H2,1-3H3,(H,39,43)/t34-/m0/s1. The molecule has 0 saturated heterocycles. The van der Waals surface area contributed by atoms with Crippen molar-refractivity contribution in [2.75, 3.05) is 17.4 Å². The lowest BCUT2D eigenvalue weighted by atomic mass is 10.0. The molecule has 4 rings (SSSR count). The summed E-state index contributed by atoms with van der Waals surface area (Å²) in [6.07, 6.45) is 1.89. The average Bonchev–Trinajstić information content (AvgIpc) is 3.04. The number of nitrogens with zero attached hydrogens (tertiary/aromatic N) is 2. The Kier molecular flexibility index (Phi) is 12.3. The molecule has 0 unspecified atom stereocenters. The number of hydrogen-bond acceptors (Lipinski definition) is 4. The molecule has 0 heterocycles. The van der Waals surface area contributed by atoms with E-state index in [1.54, 1.807) is 54.6 Å². The first-order valence-corrected chi connectivity index (χ1v) is 17.4. The summed E-state index contributed by atoms with van der Waals surface area (Å²) in [5.41, 5.74) is 3.68. The van der Waals surface area contributed by atoms with Crippen LogP contribution in [0, 0.1) is 13.8 Å². The van der Waals surface area contributed by atoms with Crippen LogP contribution in [0.1, 0.15) is 42.0 Å². The van der Waals surface area contributed by atoms with E-state index in [0.717, 1.165) is 33.8 Å². The fraction of sp³-hybridized carbons (Fsp3) is 0.278. The van der Waals surface area contributed by atoms with Gasteiger partial charge in [-0.25, -0.2) is 8.42 Å². The van der Waals surface area contributed by atoms with Crippen LogP contribution >= 0.6 is 23.2 Å². The van der Waals surface area contributed by atoms with Crippen molar-refractivity contribution in [2.45, 2.75) is 57.5 Å². The zero-order chi connectivity index (χ0) is 33.3. The minimum atomic E-state index is -4.17. The number of halogens is 2. The van der Waals surface area contributed by atoms with Crippen molar-refractivity contribution in [1.29, 1.82) is 0 Å². The lowest BCUT2D eigenvalue weighted by molar-refractivity contribution is -0.140. The van der Waals surface area contributed by atoms with Crippen molar-refractivity contribution >= 4 is 50.7 Å². The van der Waals surface area contributed by atoms with Crippen molar-refractivity contribution in [3.05, 3.63) is 129 Å². The predicted octanol–water partition coefficient (Wildman–Crippen LogP) is 7.36. The number of anilines is 1. The topological polar surface area (TPSA) is 86.8 Å². The Morgan fingerprint density at radius 1 is 0.804 bits per heavy atom. The fourth-order valence-electron chi connectivity index (χ4n) is 4.97. The molecule has 4 aromatic carbocycles. The maximum absolute atomic E-state index is 14.5. The van der Waals surface area contributed by atoms with Crippen molar-refractivity contribution in [3.8, 4) is 0 Å². The van der Waals surface area contributed by atoms with Gasteiger partial charge < -0.3 is 10.2 Å². The SMILES string of the molecule is CCCCNC(=O)[C@H](Cc1ccccc1)N(Cc1ccc(Cl)c(Cl)c1)C(=O)CN(c1ccc(C)cc1)S(=O)(=O)c1ccc(C)cc1. The largest absolute Gasteiger partial charge is 0.354 e. The van der Waals surface area contributed by atoms with Gasteiger partial charge in [-0.15, -0.1) is 0 Å². The molecule has 0 aromatic heterocycles. The molecule has 7 nitrogen and oxygen atoms in total. The molecule has 242 valence electrons. The van der Waals surface area contributed by atoms with Crippen LogP contribution in [0.2, 0.25) is 10.0 Å². The van der Waals surface area contributed by atoms with Crippen LogP contribution in [0.5, 0.6) is 0 Å². The molecule has 1 N–H and O–H groups in total. The highest BCUT2D eigenvalue weighted by atomic mass is 35.5. The summed E-state index contributed by atoms with van der Waals surface area (Å²) in [5.74, 6) is -0.872. The summed E-state index contributed by atoms with van der Waals surface area (Å²) in [6.45, 7) is 5.72. The Morgan fingerprint density at radius 2 is 1.43 bits per heavy atom. The number of unbranched alkanes of at least 4 members (excludes halogenated alkanes) is 1. The van der Waals surface area contributed by atoms with Crippen molar-refractivity contribution in [2.24, 2.45) is 0 Å². The minimum Gasteiger partial charge on any atom is -0.354 e. The second-order valence-corrected chi connectivity index (χ2v) is 14.0. The van der Waals surface area contributed by atoms with E-state index >= 15 is 0 Å². The number of nitrogens with one attached hydrogen (secondary N) is 1. The first kappa shape index (κ1) is 35.0. The van der Waals surface area contributed by atoms with Gasteiger partial charge in [-0.3, -0.25) is 13.9 Å². The molecule has 4 aromatic rings. The number of hydrogen-bond donors (Lipinski definition) is 1. The van der Waals surface area contributed by atoms with Gasteiger partial charge in [0.25, 0.3) is 10.0 Å². The van der Waals surface area contributed by atoms with Crippen LogP contribution in [0.15, 0.2) is 102 Å². The summed E-state index contributed by atoms with van der Waals surface area (Å²) in [6, 6.07) is 27.0. The number of aryl methyl sites for hydroxylation is 2. The van der Waals surface area contributed by atoms with E-state index in [0.29, 0.717) is 27.8 Å². The molecule has 0 spiro atoms. The number of sulfonamides is 1. The molecular weight excluding hydrogens is 641 g/mol. The molecule has 10 heteroatoms. The Bertz CT molecular complexity index is 1730. The van der Waals surface area contributed by atoms with Crippen LogP contribution in [-0.4, -0.2) is 44.3 Å². The second-order valence-electron chi connectivity index (χ2n) is 11.3. The average molecular weight is 681 g/mol. The van der Waals surface area contributed by atoms with Gasteiger partial charge in [-0.05, 0) is 67.8 Å². The highest BCUT2D eigenvalue weighted by Crippen LogP contribution is 2.27. The normalized spacial score (nSPS) is 11.9. The maximum atomic E-state index is 14.5. The van der Waals surface area contributed by atoms with Gasteiger partial charge in [0.1, 0.15) is 12.6 Å². The summed E-state index contributed by atoms with van der Waals surface area (Å²) >= 11 is 12.5. The van der Waals surface area contributed by atoms with Gasteiger partial charge >= 0.3 is 0 Å². The number of rotatable bonds is 14. The molecule has 0 aliphatic heterocycles. The fourth-order valence-corrected chi connectivity index (χ4v) is 6.71. The van der Waals surface area contributed by atoms with E-state index in [1.165, 1.54) is 17.0 Å². The Hall–Kier alpha value is -3.85. The maximum Gasteiger partial charge on any atom is 0.264 e. The molecule has 0 bridgehead atoms. The van der Waals surface area contributed by atoms with Crippen LogP contribution in [0.25, 0.3) is 0 Å². The monoisotopic (exact) mass is 679 g/mol. The van der Waals surface area contributed by atoms with Crippen molar-refractivity contribution in [3.63, 3.8) is 0 Å². The smallest absolute Gasteiger partial charge is 0.264 e. The molecule has 0 aliphatic carbocycles. The Labute approximate surface area is 282 Å². The van der Waals surface area contributed by atoms with Gasteiger partial charge in [0.2, 0.25) is 11.8 Å². The Morgan fingerprint density at radius 3 is 2.04 bits per heavy atom. The van der Waals surface area contributed by atoms with Crippen molar-refractivity contribution < 1.29 is 18.0 Å². The van der Waals surface area contributed by atoms with Crippen LogP contribution in [0.4, 0.5) is 5.69 Å². The highest BCUT2D eigenvalue weighted by molar-refractivity contribution is 7.92. The van der Waals surface area contributed by atoms with Gasteiger partial charge in [-0.2, -0.15) is 0 Å². The van der Waals surface area contributed by atoms with E-state index in [9.17, 15) is 18.0 Å². The molecule has 0 aliphatic rings. The first-order chi connectivity index (χ1) is 22.0. The van der Waals surface area contributed by atoms with Crippen LogP contribution < -0.4 is 9.62 Å². The molecule has 0 fully saturated rings. The van der Waals surface area contributed by atoms with Gasteiger partial charge in [-0.1, -0.05) is 108 Å². The van der Waals surface area contributed by atoms with Gasteiger partial charge in [0.05, 0.1) is 20.6 Å². The van der Waals surface area contributed by atoms with Gasteiger partial charge in [0, 0.05) is 19.5 Å². The molecule has 0 saturated carbocycles. The number of benzene rings is 4. The van der Waals surface area contributed by atoms with Crippen molar-refractivity contribution in [1.82, 2.24) is 10.2 Å². The predicted molar refractivity (Wildman–Crippen MR) is 186 cm³/mol. The molecule has 2 amide bonds. The lowest BCUT2D eigenvalue weighted by Gasteiger charge is -2.34. The molecular formula is C36H39Cl2N3O4S. The first-order valence-electron chi connectivity index (χ1n) is 15.2. The van der Waals surface area contributed by atoms with Crippen LogP contribution in [0.3, 0.4) is 0 Å². The minimum absolute atomic E-state index is 0.000732. The third-order valence-electron chi connectivity index (χ3n) is 7.65. The third-order valence-corrected chi connectivity index (χ3v) is 10.2. The summed E-state index contributed by atoms with van der Waals surface area (Å²) in [7, 11) is -4.17. The highest BCUT2D eigenvalue weighted by Gasteiger charge is 2.34. The molecule has 46 heavy (non-hydrogen) atoms. The third kappa shape index (κ3) is 9.12. The van der Waals surface area contributed by atoms with E-state index in [1.807, 2.05) is 51.1 Å². The zero-order valence-electron chi connectivity index (χ0n) is 26.2. The quantitative estimate of drug-likeness (QED) is 0.141. The summed E-state index contributed by atoms with van der Waals surface area (Å²) < 4.78 is 29.4. The van der Waals surface area contributed by atoms with E-state index in [2.05, 4.69) is 5.32 Å². The van der Waals surface area contributed by atoms with E-state index in [-0.39, 0.29) is 23.8 Å². The summed E-state index contributed by atoms with van der Waals surface area (Å²) in [4.78, 5) is 29.9. The van der Waals surface area contributed by atoms with Crippen LogP contribution in [-0.2, 0) is 32.6 Å². The number of carbonyl (C=O) groups is 2. The number of carbonyl (C=O) groups excluding carboxylic acids is 2. The lowest BCUT2D eigenvalue weighted by Crippen LogP contribution is -2.53. The zero-order valence-corrected chi connectivity index (χ0v) is 28.6. The van der Waals surface area contributed by atoms with Gasteiger partial charge in [0.15, 0.2) is 0 Å². The Balaban J connectivity index is 1.80. The van der Waals surface area contributed by atoms with E-state index < -0.39 is 28.5 Å². The summed E-state index contributed by atoms with van der Waals surface area (Å²) in [5, 5.41) is 3.65. The number of amides is 2. The van der Waals surface area contributed by atoms with E-state index in [4.69, 9.17) is 23.2 Å². The second kappa shape index (κ2) is 16.1.